The van der Waals surface area contributed by atoms with Crippen LogP contribution in [0.3, 0.4) is 0 Å². The van der Waals surface area contributed by atoms with Crippen LogP contribution in [-0.2, 0) is 9.53 Å². The van der Waals surface area contributed by atoms with Crippen LogP contribution in [0.2, 0.25) is 0 Å². The van der Waals surface area contributed by atoms with E-state index in [-0.39, 0.29) is 24.0 Å². The van der Waals surface area contributed by atoms with Crippen LogP contribution >= 0.6 is 0 Å². The summed E-state index contributed by atoms with van der Waals surface area (Å²) < 4.78 is 5.40. The highest BCUT2D eigenvalue weighted by molar-refractivity contribution is 5.86. The average molecular weight is 256 g/mol. The van der Waals surface area contributed by atoms with Crippen LogP contribution in [0.4, 0.5) is 0 Å². The molecule has 2 unspecified atom stereocenters. The summed E-state index contributed by atoms with van der Waals surface area (Å²) >= 11 is 0. The topological polar surface area (TPSA) is 74.8 Å². The van der Waals surface area contributed by atoms with E-state index in [1.807, 2.05) is 0 Å². The number of carbonyl (C=O) groups excluding carboxylic acids is 1. The molecule has 0 spiro atoms. The molecule has 6 heteroatoms. The summed E-state index contributed by atoms with van der Waals surface area (Å²) in [7, 11) is 5.04. The van der Waals surface area contributed by atoms with Crippen molar-refractivity contribution in [3.05, 3.63) is 0 Å². The third-order valence-corrected chi connectivity index (χ3v) is 3.69. The third kappa shape index (κ3) is 3.13. The van der Waals surface area contributed by atoms with Gasteiger partial charge in [0.15, 0.2) is 5.96 Å². The molecule has 0 radical (unpaired) electrons. The van der Waals surface area contributed by atoms with Gasteiger partial charge in [-0.25, -0.2) is 0 Å². The number of likely N-dealkylation sites (N-methyl/N-ethyl adjacent to an activating group) is 1. The lowest BCUT2D eigenvalue weighted by Gasteiger charge is -2.51. The number of ether oxygens (including phenoxy) is 1. The molecular weight excluding hydrogens is 232 g/mol. The first-order chi connectivity index (χ1) is 8.45. The number of hydrogen-bond donors (Lipinski definition) is 3. The molecule has 104 valence electrons. The lowest BCUT2D eigenvalue weighted by atomic mass is 9.64. The van der Waals surface area contributed by atoms with Gasteiger partial charge in [0.05, 0.1) is 12.6 Å². The Hall–Kier alpha value is -1.30. The summed E-state index contributed by atoms with van der Waals surface area (Å²) in [5, 5.41) is 8.85. The molecule has 1 rings (SSSR count). The number of amides is 1. The summed E-state index contributed by atoms with van der Waals surface area (Å²) in [5.41, 5.74) is 0.0688. The average Bonchev–Trinajstić information content (AvgIpc) is 2.36. The van der Waals surface area contributed by atoms with Gasteiger partial charge in [-0.1, -0.05) is 13.8 Å². The molecule has 0 aromatic rings. The number of nitrogens with one attached hydrogen (secondary N) is 3. The Labute approximate surface area is 109 Å². The lowest BCUT2D eigenvalue weighted by molar-refractivity contribution is -0.119. The maximum Gasteiger partial charge on any atom is 0.239 e. The predicted molar refractivity (Wildman–Crippen MR) is 71.5 cm³/mol. The molecule has 0 saturated heterocycles. The highest BCUT2D eigenvalue weighted by atomic mass is 16.5. The molecule has 1 aliphatic carbocycles. The van der Waals surface area contributed by atoms with Crippen LogP contribution in [-0.4, -0.2) is 51.8 Å². The molecule has 3 N–H and O–H groups in total. The molecule has 0 heterocycles. The van der Waals surface area contributed by atoms with Crippen LogP contribution in [0, 0.1) is 5.41 Å². The predicted octanol–water partition coefficient (Wildman–Crippen LogP) is -0.289. The standard InChI is InChI=1S/C12H24N4O2/c1-12(2)8(6-9(12)18-5)16-11(14-4)15-7-10(17)13-3/h8-9H,6-7H2,1-5H3,(H,13,17)(H2,14,15,16). The van der Waals surface area contributed by atoms with Crippen LogP contribution < -0.4 is 16.0 Å². The monoisotopic (exact) mass is 256 g/mol. The minimum atomic E-state index is -0.0689. The Balaban J connectivity index is 2.44. The third-order valence-electron chi connectivity index (χ3n) is 3.69. The van der Waals surface area contributed by atoms with Crippen molar-refractivity contribution in [2.24, 2.45) is 10.4 Å². The number of aliphatic imine (C=N–C) groups is 1. The zero-order valence-electron chi connectivity index (χ0n) is 11.8. The van der Waals surface area contributed by atoms with E-state index in [0.717, 1.165) is 6.42 Å². The van der Waals surface area contributed by atoms with Crippen LogP contribution in [0.25, 0.3) is 0 Å². The summed E-state index contributed by atoms with van der Waals surface area (Å²) in [6, 6.07) is 0.304. The number of rotatable bonds is 4. The molecule has 1 aliphatic rings. The second kappa shape index (κ2) is 6.04. The fourth-order valence-corrected chi connectivity index (χ4v) is 2.14. The molecule has 0 bridgehead atoms. The molecule has 0 aromatic heterocycles. The van der Waals surface area contributed by atoms with Gasteiger partial charge >= 0.3 is 0 Å². The van der Waals surface area contributed by atoms with E-state index in [9.17, 15) is 4.79 Å². The summed E-state index contributed by atoms with van der Waals surface area (Å²) in [5.74, 6) is 0.576. The van der Waals surface area contributed by atoms with Gasteiger partial charge in [0.25, 0.3) is 0 Å². The molecule has 6 nitrogen and oxygen atoms in total. The first-order valence-corrected chi connectivity index (χ1v) is 6.16. The normalized spacial score (nSPS) is 26.2. The minimum Gasteiger partial charge on any atom is -0.381 e. The van der Waals surface area contributed by atoms with Gasteiger partial charge in [-0.2, -0.15) is 0 Å². The van der Waals surface area contributed by atoms with Gasteiger partial charge in [0.1, 0.15) is 0 Å². The number of guanidine groups is 1. The number of carbonyl (C=O) groups is 1. The molecule has 1 amide bonds. The SMILES string of the molecule is CN=C(NCC(=O)NC)NC1CC(OC)C1(C)C. The van der Waals surface area contributed by atoms with Crippen molar-refractivity contribution in [2.75, 3.05) is 27.7 Å². The number of hydrogen-bond acceptors (Lipinski definition) is 3. The van der Waals surface area contributed by atoms with Crippen molar-refractivity contribution in [3.63, 3.8) is 0 Å². The number of nitrogens with zero attached hydrogens (tertiary/aromatic N) is 1. The van der Waals surface area contributed by atoms with Crippen molar-refractivity contribution >= 4 is 11.9 Å². The maximum absolute atomic E-state index is 11.2. The first kappa shape index (κ1) is 14.8. The largest absolute Gasteiger partial charge is 0.381 e. The Bertz CT molecular complexity index is 328. The molecule has 0 aliphatic heterocycles. The second-order valence-electron chi connectivity index (χ2n) is 5.08. The van der Waals surface area contributed by atoms with Crippen molar-refractivity contribution in [1.29, 1.82) is 0 Å². The van der Waals surface area contributed by atoms with Crippen molar-refractivity contribution in [1.82, 2.24) is 16.0 Å². The van der Waals surface area contributed by atoms with Crippen LogP contribution in [0.1, 0.15) is 20.3 Å². The molecule has 1 saturated carbocycles. The Morgan fingerprint density at radius 3 is 2.61 bits per heavy atom. The quantitative estimate of drug-likeness (QED) is 0.477. The zero-order chi connectivity index (χ0) is 13.8. The van der Waals surface area contributed by atoms with Crippen molar-refractivity contribution in [3.8, 4) is 0 Å². The molecular formula is C12H24N4O2. The van der Waals surface area contributed by atoms with Gasteiger partial charge in [-0.3, -0.25) is 9.79 Å². The molecule has 18 heavy (non-hydrogen) atoms. The lowest BCUT2D eigenvalue weighted by Crippen LogP contribution is -2.63. The van der Waals surface area contributed by atoms with E-state index in [1.54, 1.807) is 21.2 Å². The van der Waals surface area contributed by atoms with Crippen molar-refractivity contribution < 1.29 is 9.53 Å². The minimum absolute atomic E-state index is 0.0688. The Kier molecular flexibility index (Phi) is 4.95. The Morgan fingerprint density at radius 1 is 1.50 bits per heavy atom. The highest BCUT2D eigenvalue weighted by Crippen LogP contribution is 2.42. The highest BCUT2D eigenvalue weighted by Gasteiger charge is 2.48. The van der Waals surface area contributed by atoms with E-state index in [2.05, 4.69) is 34.8 Å². The molecule has 2 atom stereocenters. The first-order valence-electron chi connectivity index (χ1n) is 6.16. The molecule has 0 aromatic carbocycles. The fourth-order valence-electron chi connectivity index (χ4n) is 2.14. The van der Waals surface area contributed by atoms with E-state index in [0.29, 0.717) is 12.0 Å². The fraction of sp³-hybridized carbons (Fsp3) is 0.833. The number of methoxy groups -OCH3 is 1. The molecule has 1 fully saturated rings. The summed E-state index contributed by atoms with van der Waals surface area (Å²) in [6.45, 7) is 4.54. The Morgan fingerprint density at radius 2 is 2.17 bits per heavy atom. The van der Waals surface area contributed by atoms with Gasteiger partial charge < -0.3 is 20.7 Å². The maximum atomic E-state index is 11.2. The van der Waals surface area contributed by atoms with Gasteiger partial charge in [0.2, 0.25) is 5.91 Å². The van der Waals surface area contributed by atoms with Gasteiger partial charge in [-0.15, -0.1) is 0 Å². The summed E-state index contributed by atoms with van der Waals surface area (Å²) in [4.78, 5) is 15.3. The van der Waals surface area contributed by atoms with E-state index in [1.165, 1.54) is 0 Å². The van der Waals surface area contributed by atoms with Gasteiger partial charge in [0, 0.05) is 32.7 Å². The smallest absolute Gasteiger partial charge is 0.239 e. The van der Waals surface area contributed by atoms with E-state index < -0.39 is 0 Å². The van der Waals surface area contributed by atoms with Gasteiger partial charge in [-0.05, 0) is 6.42 Å². The van der Waals surface area contributed by atoms with Crippen molar-refractivity contribution in [2.45, 2.75) is 32.4 Å². The van der Waals surface area contributed by atoms with E-state index >= 15 is 0 Å². The second-order valence-corrected chi connectivity index (χ2v) is 5.08. The van der Waals surface area contributed by atoms with E-state index in [4.69, 9.17) is 4.74 Å². The van der Waals surface area contributed by atoms with Crippen LogP contribution in [0.15, 0.2) is 4.99 Å². The zero-order valence-corrected chi connectivity index (χ0v) is 11.8. The van der Waals surface area contributed by atoms with Crippen LogP contribution in [0.5, 0.6) is 0 Å². The summed E-state index contributed by atoms with van der Waals surface area (Å²) in [6.07, 6.45) is 1.22.